The Balaban J connectivity index is 1.78. The van der Waals surface area contributed by atoms with Crippen molar-refractivity contribution >= 4 is 0 Å². The number of ether oxygens (including phenoxy) is 1. The molecule has 70 valence electrons. The second kappa shape index (κ2) is 3.00. The highest BCUT2D eigenvalue weighted by Gasteiger charge is 2.43. The second-order valence-corrected chi connectivity index (χ2v) is 4.73. The number of rotatable bonds is 3. The maximum Gasteiger partial charge on any atom is 0.0495 e. The molecule has 2 rings (SSSR count). The first-order chi connectivity index (χ1) is 5.71. The number of hydrogen-bond donors (Lipinski definition) is 1. The third-order valence-corrected chi connectivity index (χ3v) is 3.55. The van der Waals surface area contributed by atoms with E-state index in [0.717, 1.165) is 19.1 Å². The first kappa shape index (κ1) is 8.52. The number of hydrogen-bond acceptors (Lipinski definition) is 2. The van der Waals surface area contributed by atoms with Crippen LogP contribution in [-0.4, -0.2) is 19.3 Å². The van der Waals surface area contributed by atoms with E-state index in [0.29, 0.717) is 11.5 Å². The molecule has 0 spiro atoms. The molecule has 0 aromatic carbocycles. The molecule has 0 aromatic rings. The molecule has 1 saturated heterocycles. The average Bonchev–Trinajstić information content (AvgIpc) is 2.63. The van der Waals surface area contributed by atoms with E-state index in [1.807, 2.05) is 0 Å². The second-order valence-electron chi connectivity index (χ2n) is 4.73. The third-order valence-electron chi connectivity index (χ3n) is 3.55. The van der Waals surface area contributed by atoms with Gasteiger partial charge in [0.25, 0.3) is 0 Å². The standard InChI is InChI=1S/C10H19NO/c1-10(3-4-10)9(11)6-8-2-5-12-7-8/h8-9H,2-7,11H2,1H3. The molecular weight excluding hydrogens is 150 g/mol. The summed E-state index contributed by atoms with van der Waals surface area (Å²) < 4.78 is 5.34. The topological polar surface area (TPSA) is 35.2 Å². The van der Waals surface area contributed by atoms with E-state index in [9.17, 15) is 0 Å². The van der Waals surface area contributed by atoms with E-state index >= 15 is 0 Å². The molecule has 2 atom stereocenters. The van der Waals surface area contributed by atoms with Gasteiger partial charge in [0.2, 0.25) is 0 Å². The Morgan fingerprint density at radius 1 is 1.58 bits per heavy atom. The van der Waals surface area contributed by atoms with Crippen LogP contribution in [0.15, 0.2) is 0 Å². The van der Waals surface area contributed by atoms with Crippen LogP contribution in [-0.2, 0) is 4.74 Å². The van der Waals surface area contributed by atoms with Crippen LogP contribution in [0, 0.1) is 11.3 Å². The summed E-state index contributed by atoms with van der Waals surface area (Å²) >= 11 is 0. The summed E-state index contributed by atoms with van der Waals surface area (Å²) in [5.74, 6) is 0.748. The highest BCUT2D eigenvalue weighted by Crippen LogP contribution is 2.49. The maximum atomic E-state index is 6.14. The molecular formula is C10H19NO. The van der Waals surface area contributed by atoms with Gasteiger partial charge in [0.15, 0.2) is 0 Å². The molecule has 2 aliphatic rings. The third kappa shape index (κ3) is 1.64. The molecule has 0 amide bonds. The van der Waals surface area contributed by atoms with E-state index in [1.54, 1.807) is 0 Å². The van der Waals surface area contributed by atoms with Gasteiger partial charge in [-0.25, -0.2) is 0 Å². The van der Waals surface area contributed by atoms with Crippen LogP contribution >= 0.6 is 0 Å². The lowest BCUT2D eigenvalue weighted by atomic mass is 9.90. The van der Waals surface area contributed by atoms with Crippen molar-refractivity contribution in [2.24, 2.45) is 17.1 Å². The minimum absolute atomic E-state index is 0.421. The van der Waals surface area contributed by atoms with Gasteiger partial charge in [0.05, 0.1) is 0 Å². The fourth-order valence-electron chi connectivity index (χ4n) is 1.98. The Hall–Kier alpha value is -0.0800. The normalized spacial score (nSPS) is 35.0. The van der Waals surface area contributed by atoms with E-state index in [-0.39, 0.29) is 0 Å². The monoisotopic (exact) mass is 169 g/mol. The van der Waals surface area contributed by atoms with E-state index in [1.165, 1.54) is 25.7 Å². The van der Waals surface area contributed by atoms with Crippen LogP contribution in [0.1, 0.15) is 32.6 Å². The summed E-state index contributed by atoms with van der Waals surface area (Å²) in [7, 11) is 0. The molecule has 0 aromatic heterocycles. The lowest BCUT2D eigenvalue weighted by Gasteiger charge is -2.21. The molecule has 0 radical (unpaired) electrons. The van der Waals surface area contributed by atoms with Crippen molar-refractivity contribution in [3.05, 3.63) is 0 Å². The zero-order valence-electron chi connectivity index (χ0n) is 7.88. The van der Waals surface area contributed by atoms with Gasteiger partial charge in [0.1, 0.15) is 0 Å². The molecule has 1 aliphatic carbocycles. The predicted octanol–water partition coefficient (Wildman–Crippen LogP) is 1.54. The van der Waals surface area contributed by atoms with Crippen molar-refractivity contribution < 1.29 is 4.74 Å². The minimum Gasteiger partial charge on any atom is -0.381 e. The molecule has 1 heterocycles. The van der Waals surface area contributed by atoms with Gasteiger partial charge in [-0.05, 0) is 37.0 Å². The Labute approximate surface area is 74.5 Å². The molecule has 2 nitrogen and oxygen atoms in total. The minimum atomic E-state index is 0.421. The Morgan fingerprint density at radius 2 is 2.33 bits per heavy atom. The Bertz CT molecular complexity index is 159. The fourth-order valence-corrected chi connectivity index (χ4v) is 1.98. The SMILES string of the molecule is CC1(C(N)CC2CCOC2)CC1. The van der Waals surface area contributed by atoms with Gasteiger partial charge in [-0.15, -0.1) is 0 Å². The Kier molecular flexibility index (Phi) is 2.13. The van der Waals surface area contributed by atoms with Gasteiger partial charge in [-0.1, -0.05) is 6.92 Å². The molecule has 2 fully saturated rings. The highest BCUT2D eigenvalue weighted by molar-refractivity contribution is 4.97. The molecule has 12 heavy (non-hydrogen) atoms. The summed E-state index contributed by atoms with van der Waals surface area (Å²) in [6, 6.07) is 0.421. The largest absolute Gasteiger partial charge is 0.381 e. The number of nitrogens with two attached hydrogens (primary N) is 1. The first-order valence-electron chi connectivity index (χ1n) is 5.04. The Morgan fingerprint density at radius 3 is 2.83 bits per heavy atom. The lowest BCUT2D eigenvalue weighted by Crippen LogP contribution is -2.32. The summed E-state index contributed by atoms with van der Waals surface area (Å²) in [4.78, 5) is 0. The fraction of sp³-hybridized carbons (Fsp3) is 1.00. The molecule has 1 saturated carbocycles. The summed E-state index contributed by atoms with van der Waals surface area (Å²) in [6.45, 7) is 4.21. The van der Waals surface area contributed by atoms with Crippen molar-refractivity contribution in [2.75, 3.05) is 13.2 Å². The van der Waals surface area contributed by atoms with Crippen molar-refractivity contribution in [3.8, 4) is 0 Å². The molecule has 2 heteroatoms. The van der Waals surface area contributed by atoms with E-state index < -0.39 is 0 Å². The van der Waals surface area contributed by atoms with Crippen LogP contribution in [0.25, 0.3) is 0 Å². The lowest BCUT2D eigenvalue weighted by molar-refractivity contribution is 0.180. The van der Waals surface area contributed by atoms with Gasteiger partial charge in [0, 0.05) is 19.3 Å². The van der Waals surface area contributed by atoms with Crippen LogP contribution in [0.5, 0.6) is 0 Å². The van der Waals surface area contributed by atoms with Crippen molar-refractivity contribution in [3.63, 3.8) is 0 Å². The highest BCUT2D eigenvalue weighted by atomic mass is 16.5. The van der Waals surface area contributed by atoms with E-state index in [4.69, 9.17) is 10.5 Å². The maximum absolute atomic E-state index is 6.14. The quantitative estimate of drug-likeness (QED) is 0.695. The summed E-state index contributed by atoms with van der Waals surface area (Å²) in [5.41, 5.74) is 6.63. The molecule has 2 N–H and O–H groups in total. The van der Waals surface area contributed by atoms with Crippen LogP contribution in [0.4, 0.5) is 0 Å². The van der Waals surface area contributed by atoms with Crippen LogP contribution in [0.2, 0.25) is 0 Å². The van der Waals surface area contributed by atoms with Crippen molar-refractivity contribution in [1.29, 1.82) is 0 Å². The first-order valence-corrected chi connectivity index (χ1v) is 5.04. The van der Waals surface area contributed by atoms with Gasteiger partial charge in [-0.2, -0.15) is 0 Å². The molecule has 0 bridgehead atoms. The molecule has 1 aliphatic heterocycles. The zero-order valence-corrected chi connectivity index (χ0v) is 7.88. The van der Waals surface area contributed by atoms with Crippen LogP contribution in [0.3, 0.4) is 0 Å². The predicted molar refractivity (Wildman–Crippen MR) is 48.9 cm³/mol. The zero-order chi connectivity index (χ0) is 8.60. The van der Waals surface area contributed by atoms with Crippen LogP contribution < -0.4 is 5.73 Å². The smallest absolute Gasteiger partial charge is 0.0495 e. The van der Waals surface area contributed by atoms with Crippen molar-refractivity contribution in [1.82, 2.24) is 0 Å². The van der Waals surface area contributed by atoms with Gasteiger partial charge < -0.3 is 10.5 Å². The van der Waals surface area contributed by atoms with E-state index in [2.05, 4.69) is 6.92 Å². The molecule has 2 unspecified atom stereocenters. The van der Waals surface area contributed by atoms with Gasteiger partial charge >= 0.3 is 0 Å². The van der Waals surface area contributed by atoms with Crippen molar-refractivity contribution in [2.45, 2.75) is 38.6 Å². The summed E-state index contributed by atoms with van der Waals surface area (Å²) in [5, 5.41) is 0. The summed E-state index contributed by atoms with van der Waals surface area (Å²) in [6.07, 6.45) is 5.07. The average molecular weight is 169 g/mol. The van der Waals surface area contributed by atoms with Gasteiger partial charge in [-0.3, -0.25) is 0 Å².